The van der Waals surface area contributed by atoms with Crippen LogP contribution < -0.4 is 5.32 Å². The fourth-order valence-corrected chi connectivity index (χ4v) is 2.55. The van der Waals surface area contributed by atoms with Gasteiger partial charge < -0.3 is 10.2 Å². The van der Waals surface area contributed by atoms with Gasteiger partial charge in [-0.05, 0) is 45.0 Å². The molecular formula is C14H19F3N2. The monoisotopic (exact) mass is 272 g/mol. The lowest BCUT2D eigenvalue weighted by Crippen LogP contribution is -2.25. The van der Waals surface area contributed by atoms with E-state index in [4.69, 9.17) is 0 Å². The number of anilines is 1. The van der Waals surface area contributed by atoms with Crippen molar-refractivity contribution in [3.05, 3.63) is 29.3 Å². The molecule has 2 atom stereocenters. The standard InChI is InChI=1S/C14H19F3N2/c1-9-4-5-11(7-13(9)14(15,16)17)18-12-6-10(2)19(3)8-12/h4-5,7,10,12,18H,6,8H2,1-3H3. The van der Waals surface area contributed by atoms with Crippen LogP contribution in [-0.2, 0) is 6.18 Å². The second-order valence-electron chi connectivity index (χ2n) is 5.39. The fourth-order valence-electron chi connectivity index (χ4n) is 2.55. The second-order valence-corrected chi connectivity index (χ2v) is 5.39. The van der Waals surface area contributed by atoms with Gasteiger partial charge in [0, 0.05) is 24.3 Å². The first-order valence-electron chi connectivity index (χ1n) is 6.42. The normalized spacial score (nSPS) is 24.7. The molecular weight excluding hydrogens is 253 g/mol. The van der Waals surface area contributed by atoms with Gasteiger partial charge in [0.15, 0.2) is 0 Å². The first kappa shape index (κ1) is 14.2. The minimum Gasteiger partial charge on any atom is -0.381 e. The van der Waals surface area contributed by atoms with E-state index in [0.717, 1.165) is 13.0 Å². The van der Waals surface area contributed by atoms with Crippen molar-refractivity contribution in [1.82, 2.24) is 4.90 Å². The number of halogens is 3. The highest BCUT2D eigenvalue weighted by Crippen LogP contribution is 2.33. The topological polar surface area (TPSA) is 15.3 Å². The Labute approximate surface area is 111 Å². The third-order valence-corrected chi connectivity index (χ3v) is 3.80. The molecule has 106 valence electrons. The average molecular weight is 272 g/mol. The van der Waals surface area contributed by atoms with E-state index in [1.165, 1.54) is 19.1 Å². The molecule has 2 unspecified atom stereocenters. The third kappa shape index (κ3) is 3.21. The van der Waals surface area contributed by atoms with Gasteiger partial charge in [-0.15, -0.1) is 0 Å². The van der Waals surface area contributed by atoms with Crippen molar-refractivity contribution in [3.63, 3.8) is 0 Å². The van der Waals surface area contributed by atoms with Crippen molar-refractivity contribution in [2.75, 3.05) is 18.9 Å². The van der Waals surface area contributed by atoms with Crippen LogP contribution in [0, 0.1) is 6.92 Å². The summed E-state index contributed by atoms with van der Waals surface area (Å²) in [7, 11) is 2.03. The van der Waals surface area contributed by atoms with Crippen LogP contribution >= 0.6 is 0 Å². The van der Waals surface area contributed by atoms with Crippen LogP contribution in [0.3, 0.4) is 0 Å². The Balaban J connectivity index is 2.14. The number of likely N-dealkylation sites (N-methyl/N-ethyl adjacent to an activating group) is 1. The summed E-state index contributed by atoms with van der Waals surface area (Å²) in [6.07, 6.45) is -3.34. The molecule has 1 fully saturated rings. The summed E-state index contributed by atoms with van der Waals surface area (Å²) in [4.78, 5) is 2.20. The number of alkyl halides is 3. The van der Waals surface area contributed by atoms with E-state index in [2.05, 4.69) is 17.1 Å². The van der Waals surface area contributed by atoms with E-state index in [0.29, 0.717) is 11.7 Å². The van der Waals surface area contributed by atoms with E-state index >= 15 is 0 Å². The molecule has 0 aliphatic carbocycles. The Morgan fingerprint density at radius 1 is 1.32 bits per heavy atom. The predicted octanol–water partition coefficient (Wildman–Crippen LogP) is 3.52. The Morgan fingerprint density at radius 3 is 2.53 bits per heavy atom. The summed E-state index contributed by atoms with van der Waals surface area (Å²) in [6.45, 7) is 4.46. The lowest BCUT2D eigenvalue weighted by molar-refractivity contribution is -0.138. The SMILES string of the molecule is Cc1ccc(NC2CC(C)N(C)C2)cc1C(F)(F)F. The molecule has 0 amide bonds. The zero-order valence-electron chi connectivity index (χ0n) is 11.4. The van der Waals surface area contributed by atoms with Crippen LogP contribution in [0.2, 0.25) is 0 Å². The maximum Gasteiger partial charge on any atom is 0.416 e. The smallest absolute Gasteiger partial charge is 0.381 e. The lowest BCUT2D eigenvalue weighted by Gasteiger charge is -2.17. The van der Waals surface area contributed by atoms with E-state index in [1.807, 2.05) is 7.05 Å². The molecule has 1 N–H and O–H groups in total. The summed E-state index contributed by atoms with van der Waals surface area (Å²) in [6, 6.07) is 5.12. The molecule has 2 rings (SSSR count). The van der Waals surface area contributed by atoms with Crippen molar-refractivity contribution in [1.29, 1.82) is 0 Å². The molecule has 1 aromatic rings. The largest absolute Gasteiger partial charge is 0.416 e. The Hall–Kier alpha value is -1.23. The van der Waals surface area contributed by atoms with Gasteiger partial charge in [0.05, 0.1) is 5.56 Å². The van der Waals surface area contributed by atoms with Crippen LogP contribution in [0.15, 0.2) is 18.2 Å². The minimum atomic E-state index is -4.29. The minimum absolute atomic E-state index is 0.212. The number of likely N-dealkylation sites (tertiary alicyclic amines) is 1. The van der Waals surface area contributed by atoms with Gasteiger partial charge in [0.2, 0.25) is 0 Å². The van der Waals surface area contributed by atoms with Crippen molar-refractivity contribution < 1.29 is 13.2 Å². The number of rotatable bonds is 2. The van der Waals surface area contributed by atoms with Gasteiger partial charge in [-0.2, -0.15) is 13.2 Å². The van der Waals surface area contributed by atoms with Gasteiger partial charge in [-0.25, -0.2) is 0 Å². The number of benzene rings is 1. The molecule has 5 heteroatoms. The van der Waals surface area contributed by atoms with Crippen molar-refractivity contribution in [3.8, 4) is 0 Å². The molecule has 0 radical (unpaired) electrons. The summed E-state index contributed by atoms with van der Waals surface area (Å²) < 4.78 is 38.5. The fraction of sp³-hybridized carbons (Fsp3) is 0.571. The van der Waals surface area contributed by atoms with E-state index in [-0.39, 0.29) is 11.6 Å². The highest BCUT2D eigenvalue weighted by atomic mass is 19.4. The van der Waals surface area contributed by atoms with Gasteiger partial charge in [-0.3, -0.25) is 0 Å². The molecule has 0 saturated carbocycles. The van der Waals surface area contributed by atoms with Crippen molar-refractivity contribution in [2.24, 2.45) is 0 Å². The van der Waals surface area contributed by atoms with E-state index in [9.17, 15) is 13.2 Å². The third-order valence-electron chi connectivity index (χ3n) is 3.80. The van der Waals surface area contributed by atoms with Gasteiger partial charge in [0.1, 0.15) is 0 Å². The summed E-state index contributed by atoms with van der Waals surface area (Å²) >= 11 is 0. The first-order valence-corrected chi connectivity index (χ1v) is 6.42. The van der Waals surface area contributed by atoms with Crippen molar-refractivity contribution >= 4 is 5.69 Å². The Bertz CT molecular complexity index is 446. The Kier molecular flexibility index (Phi) is 3.76. The molecule has 1 aromatic carbocycles. The van der Waals surface area contributed by atoms with Gasteiger partial charge >= 0.3 is 6.18 Å². The Morgan fingerprint density at radius 2 is 2.00 bits per heavy atom. The number of nitrogens with one attached hydrogen (secondary N) is 1. The average Bonchev–Trinajstić information content (AvgIpc) is 2.59. The van der Waals surface area contributed by atoms with Crippen LogP contribution in [-0.4, -0.2) is 30.6 Å². The highest BCUT2D eigenvalue weighted by Gasteiger charge is 2.33. The maximum atomic E-state index is 12.8. The van der Waals surface area contributed by atoms with Crippen LogP contribution in [0.1, 0.15) is 24.5 Å². The van der Waals surface area contributed by atoms with Gasteiger partial charge in [0.25, 0.3) is 0 Å². The van der Waals surface area contributed by atoms with E-state index in [1.54, 1.807) is 6.07 Å². The summed E-state index contributed by atoms with van der Waals surface area (Å²) in [5.74, 6) is 0. The quantitative estimate of drug-likeness (QED) is 0.886. The van der Waals surface area contributed by atoms with E-state index < -0.39 is 11.7 Å². The maximum absolute atomic E-state index is 12.8. The van der Waals surface area contributed by atoms with Crippen LogP contribution in [0.25, 0.3) is 0 Å². The van der Waals surface area contributed by atoms with Crippen LogP contribution in [0.4, 0.5) is 18.9 Å². The zero-order valence-corrected chi connectivity index (χ0v) is 11.4. The first-order chi connectivity index (χ1) is 8.77. The molecule has 0 aromatic heterocycles. The molecule has 0 bridgehead atoms. The molecule has 1 heterocycles. The number of hydrogen-bond donors (Lipinski definition) is 1. The van der Waals surface area contributed by atoms with Crippen molar-refractivity contribution in [2.45, 2.75) is 38.5 Å². The summed E-state index contributed by atoms with van der Waals surface area (Å²) in [5, 5.41) is 3.20. The molecule has 1 aliphatic rings. The molecule has 1 saturated heterocycles. The number of hydrogen-bond acceptors (Lipinski definition) is 2. The highest BCUT2D eigenvalue weighted by molar-refractivity contribution is 5.50. The zero-order chi connectivity index (χ0) is 14.2. The molecule has 2 nitrogen and oxygen atoms in total. The van der Waals surface area contributed by atoms with Gasteiger partial charge in [-0.1, -0.05) is 6.07 Å². The second kappa shape index (κ2) is 5.04. The predicted molar refractivity (Wildman–Crippen MR) is 70.3 cm³/mol. The van der Waals surface area contributed by atoms with Crippen LogP contribution in [0.5, 0.6) is 0 Å². The number of nitrogens with zero attached hydrogens (tertiary/aromatic N) is 1. The molecule has 19 heavy (non-hydrogen) atoms. The number of aryl methyl sites for hydroxylation is 1. The lowest BCUT2D eigenvalue weighted by atomic mass is 10.1. The molecule has 1 aliphatic heterocycles. The molecule has 0 spiro atoms. The summed E-state index contributed by atoms with van der Waals surface area (Å²) in [5.41, 5.74) is 0.247.